The van der Waals surface area contributed by atoms with Crippen LogP contribution in [0.2, 0.25) is 0 Å². The van der Waals surface area contributed by atoms with Gasteiger partial charge in [-0.15, -0.1) is 10.2 Å². The van der Waals surface area contributed by atoms with E-state index < -0.39 is 5.97 Å². The molecule has 0 spiro atoms. The summed E-state index contributed by atoms with van der Waals surface area (Å²) in [5, 5.41) is 11.1. The fourth-order valence-corrected chi connectivity index (χ4v) is 2.19. The van der Waals surface area contributed by atoms with Crippen molar-refractivity contribution in [3.8, 4) is 0 Å². The predicted molar refractivity (Wildman–Crippen MR) is 65.4 cm³/mol. The number of carbonyl (C=O) groups is 1. The standard InChI is InChI=1S/C12H17N3O3/c1-17-10-5-3-4-8(10)13-11-7-6-9(14-15-11)12(16)18-2/h6-8,10H,3-5H2,1-2H3,(H,13,15). The van der Waals surface area contributed by atoms with Crippen molar-refractivity contribution in [3.63, 3.8) is 0 Å². The second kappa shape index (κ2) is 5.77. The van der Waals surface area contributed by atoms with E-state index in [9.17, 15) is 4.79 Å². The molecule has 1 heterocycles. The molecule has 0 radical (unpaired) electrons. The molecule has 98 valence electrons. The molecule has 1 aromatic rings. The van der Waals surface area contributed by atoms with Crippen molar-refractivity contribution in [1.82, 2.24) is 10.2 Å². The van der Waals surface area contributed by atoms with E-state index in [0.717, 1.165) is 19.3 Å². The zero-order valence-electron chi connectivity index (χ0n) is 10.5. The smallest absolute Gasteiger partial charge is 0.358 e. The lowest BCUT2D eigenvalue weighted by Crippen LogP contribution is -2.30. The molecule has 1 saturated carbocycles. The van der Waals surface area contributed by atoms with Gasteiger partial charge in [0.1, 0.15) is 5.82 Å². The molecule has 1 fully saturated rings. The predicted octanol–water partition coefficient (Wildman–Crippen LogP) is 1.24. The van der Waals surface area contributed by atoms with Crippen molar-refractivity contribution >= 4 is 11.8 Å². The fourth-order valence-electron chi connectivity index (χ4n) is 2.19. The molecule has 0 bridgehead atoms. The van der Waals surface area contributed by atoms with Crippen molar-refractivity contribution < 1.29 is 14.3 Å². The minimum Gasteiger partial charge on any atom is -0.464 e. The number of nitrogens with one attached hydrogen (secondary N) is 1. The van der Waals surface area contributed by atoms with Crippen LogP contribution in [0.3, 0.4) is 0 Å². The SMILES string of the molecule is COC(=O)c1ccc(NC2CCCC2OC)nn1. The van der Waals surface area contributed by atoms with Crippen molar-refractivity contribution in [1.29, 1.82) is 0 Å². The monoisotopic (exact) mass is 251 g/mol. The van der Waals surface area contributed by atoms with E-state index in [4.69, 9.17) is 4.74 Å². The van der Waals surface area contributed by atoms with Gasteiger partial charge in [0.15, 0.2) is 5.69 Å². The van der Waals surface area contributed by atoms with Gasteiger partial charge in [-0.05, 0) is 31.4 Å². The Labute approximate surface area is 106 Å². The summed E-state index contributed by atoms with van der Waals surface area (Å²) in [5.41, 5.74) is 0.206. The minimum atomic E-state index is -0.482. The fraction of sp³-hybridized carbons (Fsp3) is 0.583. The molecule has 0 aliphatic heterocycles. The van der Waals surface area contributed by atoms with Gasteiger partial charge in [0, 0.05) is 7.11 Å². The number of nitrogens with zero attached hydrogens (tertiary/aromatic N) is 2. The summed E-state index contributed by atoms with van der Waals surface area (Å²) in [5.74, 6) is 0.168. The molecule has 2 rings (SSSR count). The van der Waals surface area contributed by atoms with Crippen LogP contribution in [0.25, 0.3) is 0 Å². The number of hydrogen-bond acceptors (Lipinski definition) is 6. The molecule has 2 atom stereocenters. The lowest BCUT2D eigenvalue weighted by Gasteiger charge is -2.19. The Bertz CT molecular complexity index is 408. The molecule has 1 N–H and O–H groups in total. The van der Waals surface area contributed by atoms with Crippen LogP contribution in [0, 0.1) is 0 Å². The number of carbonyl (C=O) groups excluding carboxylic acids is 1. The Morgan fingerprint density at radius 3 is 2.78 bits per heavy atom. The number of anilines is 1. The normalized spacial score (nSPS) is 22.8. The Morgan fingerprint density at radius 1 is 1.33 bits per heavy atom. The van der Waals surface area contributed by atoms with Gasteiger partial charge in [-0.25, -0.2) is 4.79 Å². The van der Waals surface area contributed by atoms with E-state index in [2.05, 4.69) is 20.3 Å². The first-order valence-corrected chi connectivity index (χ1v) is 5.96. The third-order valence-electron chi connectivity index (χ3n) is 3.15. The summed E-state index contributed by atoms with van der Waals surface area (Å²) in [6, 6.07) is 3.58. The molecule has 6 heteroatoms. The second-order valence-corrected chi connectivity index (χ2v) is 4.25. The van der Waals surface area contributed by atoms with Crippen LogP contribution in [-0.4, -0.2) is 42.5 Å². The molecule has 1 aromatic heterocycles. The van der Waals surface area contributed by atoms with Crippen molar-refractivity contribution in [3.05, 3.63) is 17.8 Å². The van der Waals surface area contributed by atoms with Crippen LogP contribution in [0.1, 0.15) is 29.8 Å². The topological polar surface area (TPSA) is 73.3 Å². The number of ether oxygens (including phenoxy) is 2. The first-order chi connectivity index (χ1) is 8.74. The molecule has 0 amide bonds. The van der Waals surface area contributed by atoms with Gasteiger partial charge in [0.05, 0.1) is 19.3 Å². The third kappa shape index (κ3) is 2.76. The van der Waals surface area contributed by atoms with Gasteiger partial charge in [-0.3, -0.25) is 0 Å². The van der Waals surface area contributed by atoms with Crippen LogP contribution in [0.5, 0.6) is 0 Å². The summed E-state index contributed by atoms with van der Waals surface area (Å²) in [6.45, 7) is 0. The van der Waals surface area contributed by atoms with Gasteiger partial charge in [0.2, 0.25) is 0 Å². The van der Waals surface area contributed by atoms with Gasteiger partial charge in [-0.1, -0.05) is 0 Å². The highest BCUT2D eigenvalue weighted by Crippen LogP contribution is 2.24. The average Bonchev–Trinajstić information content (AvgIpc) is 2.86. The van der Waals surface area contributed by atoms with Crippen LogP contribution in [0.4, 0.5) is 5.82 Å². The number of esters is 1. The van der Waals surface area contributed by atoms with Crippen LogP contribution in [-0.2, 0) is 9.47 Å². The van der Waals surface area contributed by atoms with Crippen molar-refractivity contribution in [2.75, 3.05) is 19.5 Å². The molecule has 0 saturated heterocycles. The van der Waals surface area contributed by atoms with Gasteiger partial charge in [-0.2, -0.15) is 0 Å². The average molecular weight is 251 g/mol. The quantitative estimate of drug-likeness (QED) is 0.812. The summed E-state index contributed by atoms with van der Waals surface area (Å²) in [4.78, 5) is 11.2. The molecule has 18 heavy (non-hydrogen) atoms. The van der Waals surface area contributed by atoms with Crippen LogP contribution in [0.15, 0.2) is 12.1 Å². The largest absolute Gasteiger partial charge is 0.464 e. The lowest BCUT2D eigenvalue weighted by molar-refractivity contribution is 0.0592. The first-order valence-electron chi connectivity index (χ1n) is 5.96. The van der Waals surface area contributed by atoms with E-state index in [-0.39, 0.29) is 17.8 Å². The molecule has 1 aliphatic carbocycles. The van der Waals surface area contributed by atoms with Gasteiger partial charge in [0.25, 0.3) is 0 Å². The zero-order chi connectivity index (χ0) is 13.0. The second-order valence-electron chi connectivity index (χ2n) is 4.25. The Hall–Kier alpha value is -1.69. The maximum absolute atomic E-state index is 11.2. The van der Waals surface area contributed by atoms with E-state index in [1.165, 1.54) is 7.11 Å². The lowest BCUT2D eigenvalue weighted by atomic mass is 10.2. The highest BCUT2D eigenvalue weighted by Gasteiger charge is 2.27. The number of rotatable bonds is 4. The molecule has 0 aromatic carbocycles. The van der Waals surface area contributed by atoms with E-state index in [0.29, 0.717) is 5.82 Å². The Morgan fingerprint density at radius 2 is 2.17 bits per heavy atom. The van der Waals surface area contributed by atoms with Crippen molar-refractivity contribution in [2.45, 2.75) is 31.4 Å². The number of aromatic nitrogens is 2. The summed E-state index contributed by atoms with van der Waals surface area (Å²) in [7, 11) is 3.04. The summed E-state index contributed by atoms with van der Waals surface area (Å²) >= 11 is 0. The maximum atomic E-state index is 11.2. The Balaban J connectivity index is 2.00. The van der Waals surface area contributed by atoms with E-state index in [1.54, 1.807) is 19.2 Å². The molecule has 1 aliphatic rings. The highest BCUT2D eigenvalue weighted by atomic mass is 16.5. The minimum absolute atomic E-state index is 0.206. The summed E-state index contributed by atoms with van der Waals surface area (Å²) < 4.78 is 9.95. The van der Waals surface area contributed by atoms with E-state index >= 15 is 0 Å². The zero-order valence-corrected chi connectivity index (χ0v) is 10.5. The molecular weight excluding hydrogens is 234 g/mol. The van der Waals surface area contributed by atoms with Crippen LogP contribution >= 0.6 is 0 Å². The van der Waals surface area contributed by atoms with Gasteiger partial charge >= 0.3 is 5.97 Å². The number of methoxy groups -OCH3 is 2. The number of hydrogen-bond donors (Lipinski definition) is 1. The molecule has 6 nitrogen and oxygen atoms in total. The first kappa shape index (κ1) is 12.8. The molecule has 2 unspecified atom stereocenters. The van der Waals surface area contributed by atoms with Crippen molar-refractivity contribution in [2.24, 2.45) is 0 Å². The summed E-state index contributed by atoms with van der Waals surface area (Å²) in [6.07, 6.45) is 3.47. The maximum Gasteiger partial charge on any atom is 0.358 e. The third-order valence-corrected chi connectivity index (χ3v) is 3.15. The van der Waals surface area contributed by atoms with Crippen LogP contribution < -0.4 is 5.32 Å². The Kier molecular flexibility index (Phi) is 4.09. The highest BCUT2D eigenvalue weighted by molar-refractivity contribution is 5.86. The molecular formula is C12H17N3O3. The van der Waals surface area contributed by atoms with Gasteiger partial charge < -0.3 is 14.8 Å². The van der Waals surface area contributed by atoms with E-state index in [1.807, 2.05) is 0 Å².